The second-order valence-electron chi connectivity index (χ2n) is 10.4. The van der Waals surface area contributed by atoms with Crippen LogP contribution in [0.4, 0.5) is 0 Å². The van der Waals surface area contributed by atoms with Crippen LogP contribution in [-0.4, -0.2) is 74.5 Å². The van der Waals surface area contributed by atoms with Gasteiger partial charge >= 0.3 is 5.97 Å². The van der Waals surface area contributed by atoms with Crippen molar-refractivity contribution in [2.24, 2.45) is 0 Å². The maximum Gasteiger partial charge on any atom is 0.330 e. The number of hydrogen-bond acceptors (Lipinski definition) is 7. The molecule has 2 aromatic rings. The molecule has 10 nitrogen and oxygen atoms in total. The SMILES string of the molecule is COC(=O)[C@H](CNC(=O)CCc1ccccc1)NC(=O)C1C[C@@H](OC(C)(C)C)CN1S(=O)(=O)c1ccccc1. The van der Waals surface area contributed by atoms with Gasteiger partial charge in [-0.15, -0.1) is 0 Å². The van der Waals surface area contributed by atoms with Gasteiger partial charge in [-0.05, 0) is 44.9 Å². The van der Waals surface area contributed by atoms with Gasteiger partial charge in [0.1, 0.15) is 12.1 Å². The molecule has 0 aliphatic carbocycles. The Hall–Kier alpha value is -3.28. The third-order valence-corrected chi connectivity index (χ3v) is 8.07. The smallest absolute Gasteiger partial charge is 0.330 e. The third-order valence-electron chi connectivity index (χ3n) is 6.18. The van der Waals surface area contributed by atoms with Crippen LogP contribution in [0.5, 0.6) is 0 Å². The molecule has 1 saturated heterocycles. The monoisotopic (exact) mass is 559 g/mol. The lowest BCUT2D eigenvalue weighted by Gasteiger charge is -2.25. The van der Waals surface area contributed by atoms with E-state index < -0.39 is 45.7 Å². The van der Waals surface area contributed by atoms with E-state index in [0.717, 1.165) is 9.87 Å². The van der Waals surface area contributed by atoms with E-state index in [-0.39, 0.29) is 36.7 Å². The summed E-state index contributed by atoms with van der Waals surface area (Å²) < 4.78 is 38.9. The van der Waals surface area contributed by atoms with Gasteiger partial charge in [-0.1, -0.05) is 48.5 Å². The molecule has 0 aromatic heterocycles. The number of ether oxygens (including phenoxy) is 2. The van der Waals surface area contributed by atoms with Crippen molar-refractivity contribution in [1.29, 1.82) is 0 Å². The molecule has 3 rings (SSSR count). The third kappa shape index (κ3) is 8.61. The molecule has 2 amide bonds. The molecule has 1 aliphatic rings. The van der Waals surface area contributed by atoms with Crippen molar-refractivity contribution in [3.8, 4) is 0 Å². The molecular weight excluding hydrogens is 522 g/mol. The summed E-state index contributed by atoms with van der Waals surface area (Å²) >= 11 is 0. The van der Waals surface area contributed by atoms with Crippen LogP contribution in [0.15, 0.2) is 65.6 Å². The van der Waals surface area contributed by atoms with E-state index in [0.29, 0.717) is 6.42 Å². The van der Waals surface area contributed by atoms with Gasteiger partial charge < -0.3 is 20.1 Å². The van der Waals surface area contributed by atoms with Gasteiger partial charge in [0.05, 0.1) is 23.7 Å². The summed E-state index contributed by atoms with van der Waals surface area (Å²) in [6.07, 6.45) is 0.287. The van der Waals surface area contributed by atoms with Crippen molar-refractivity contribution in [1.82, 2.24) is 14.9 Å². The molecule has 39 heavy (non-hydrogen) atoms. The molecule has 0 radical (unpaired) electrons. The Bertz CT molecular complexity index is 1230. The Morgan fingerprint density at radius 1 is 1.03 bits per heavy atom. The molecule has 1 unspecified atom stereocenters. The van der Waals surface area contributed by atoms with Gasteiger partial charge in [-0.2, -0.15) is 4.31 Å². The van der Waals surface area contributed by atoms with E-state index in [9.17, 15) is 22.8 Å². The number of nitrogens with one attached hydrogen (secondary N) is 2. The van der Waals surface area contributed by atoms with Crippen molar-refractivity contribution in [2.45, 2.75) is 68.7 Å². The molecule has 0 bridgehead atoms. The summed E-state index contributed by atoms with van der Waals surface area (Å²) in [7, 11) is -2.86. The van der Waals surface area contributed by atoms with Gasteiger partial charge in [0, 0.05) is 25.9 Å². The number of benzene rings is 2. The number of esters is 1. The lowest BCUT2D eigenvalue weighted by Crippen LogP contribution is -2.54. The zero-order chi connectivity index (χ0) is 28.6. The number of aryl methyl sites for hydroxylation is 1. The van der Waals surface area contributed by atoms with Crippen LogP contribution in [0, 0.1) is 0 Å². The Labute approximate surface area is 230 Å². The van der Waals surface area contributed by atoms with E-state index in [1.165, 1.54) is 19.2 Å². The fourth-order valence-corrected chi connectivity index (χ4v) is 6.05. The van der Waals surface area contributed by atoms with Crippen molar-refractivity contribution < 1.29 is 32.3 Å². The summed E-state index contributed by atoms with van der Waals surface area (Å²) in [6, 6.07) is 15.0. The van der Waals surface area contributed by atoms with E-state index in [2.05, 4.69) is 10.6 Å². The Morgan fingerprint density at radius 3 is 2.23 bits per heavy atom. The summed E-state index contributed by atoms with van der Waals surface area (Å²) in [5, 5.41) is 5.25. The Balaban J connectivity index is 1.72. The first kappa shape index (κ1) is 30.3. The summed E-state index contributed by atoms with van der Waals surface area (Å²) in [4.78, 5) is 38.4. The number of methoxy groups -OCH3 is 1. The van der Waals surface area contributed by atoms with E-state index in [4.69, 9.17) is 9.47 Å². The number of sulfonamides is 1. The Morgan fingerprint density at radius 2 is 1.64 bits per heavy atom. The van der Waals surface area contributed by atoms with Crippen molar-refractivity contribution >= 4 is 27.8 Å². The van der Waals surface area contributed by atoms with E-state index in [1.807, 2.05) is 51.1 Å². The average Bonchev–Trinajstić information content (AvgIpc) is 3.33. The van der Waals surface area contributed by atoms with Crippen molar-refractivity contribution in [2.75, 3.05) is 20.2 Å². The lowest BCUT2D eigenvalue weighted by atomic mass is 10.1. The molecule has 3 atom stereocenters. The van der Waals surface area contributed by atoms with Crippen LogP contribution in [0.2, 0.25) is 0 Å². The molecule has 2 aromatic carbocycles. The van der Waals surface area contributed by atoms with Crippen LogP contribution in [0.25, 0.3) is 0 Å². The zero-order valence-corrected chi connectivity index (χ0v) is 23.6. The molecule has 1 heterocycles. The highest BCUT2D eigenvalue weighted by atomic mass is 32.2. The van der Waals surface area contributed by atoms with Gasteiger partial charge in [-0.3, -0.25) is 9.59 Å². The predicted molar refractivity (Wildman–Crippen MR) is 145 cm³/mol. The van der Waals surface area contributed by atoms with Crippen LogP contribution < -0.4 is 10.6 Å². The number of rotatable bonds is 11. The molecule has 2 N–H and O–H groups in total. The highest BCUT2D eigenvalue weighted by Crippen LogP contribution is 2.30. The maximum atomic E-state index is 13.5. The maximum absolute atomic E-state index is 13.5. The van der Waals surface area contributed by atoms with Gasteiger partial charge in [0.2, 0.25) is 21.8 Å². The quantitative estimate of drug-likeness (QED) is 0.403. The number of carbonyl (C=O) groups is 3. The molecule has 1 aliphatic heterocycles. The highest BCUT2D eigenvalue weighted by molar-refractivity contribution is 7.89. The molecule has 11 heteroatoms. The minimum atomic E-state index is -4.04. The molecule has 0 saturated carbocycles. The van der Waals surface area contributed by atoms with Crippen LogP contribution >= 0.6 is 0 Å². The van der Waals surface area contributed by atoms with Crippen molar-refractivity contribution in [3.05, 3.63) is 66.2 Å². The van der Waals surface area contributed by atoms with Gasteiger partial charge in [0.25, 0.3) is 0 Å². The number of nitrogens with zero attached hydrogens (tertiary/aromatic N) is 1. The number of amides is 2. The molecule has 212 valence electrons. The topological polar surface area (TPSA) is 131 Å². The lowest BCUT2D eigenvalue weighted by molar-refractivity contribution is -0.145. The van der Waals surface area contributed by atoms with E-state index >= 15 is 0 Å². The van der Waals surface area contributed by atoms with Crippen molar-refractivity contribution in [3.63, 3.8) is 0 Å². The second kappa shape index (κ2) is 13.2. The fourth-order valence-electron chi connectivity index (χ4n) is 4.40. The Kier molecular flexibility index (Phi) is 10.2. The zero-order valence-electron chi connectivity index (χ0n) is 22.8. The molecule has 0 spiro atoms. The highest BCUT2D eigenvalue weighted by Gasteiger charge is 2.46. The standard InChI is InChI=1S/C28H37N3O7S/c1-28(2,3)38-21-17-24(31(19-21)39(35,36)22-13-9-6-10-14-22)26(33)30-23(27(34)37-4)18-29-25(32)16-15-20-11-7-5-8-12-20/h5-14,21,23-24H,15-19H2,1-4H3,(H,29,32)(H,30,33)/t21-,23+,24?/m1/s1. The average molecular weight is 560 g/mol. The van der Waals surface area contributed by atoms with Crippen LogP contribution in [0.3, 0.4) is 0 Å². The minimum Gasteiger partial charge on any atom is -0.467 e. The van der Waals surface area contributed by atoms with Gasteiger partial charge in [0.15, 0.2) is 0 Å². The first-order valence-electron chi connectivity index (χ1n) is 12.8. The van der Waals surface area contributed by atoms with Crippen LogP contribution in [0.1, 0.15) is 39.2 Å². The molecular formula is C28H37N3O7S. The second-order valence-corrected chi connectivity index (χ2v) is 12.3. The predicted octanol–water partition coefficient (Wildman–Crippen LogP) is 2.04. The fraction of sp³-hybridized carbons (Fsp3) is 0.464. The van der Waals surface area contributed by atoms with Crippen LogP contribution in [-0.2, 0) is 40.3 Å². The summed E-state index contributed by atoms with van der Waals surface area (Å²) in [5.41, 5.74) is 0.440. The first-order valence-corrected chi connectivity index (χ1v) is 14.3. The number of carbonyl (C=O) groups excluding carboxylic acids is 3. The summed E-state index contributed by atoms with van der Waals surface area (Å²) in [6.45, 7) is 5.33. The normalized spacial score (nSPS) is 18.8. The van der Waals surface area contributed by atoms with E-state index in [1.54, 1.807) is 18.2 Å². The van der Waals surface area contributed by atoms with Gasteiger partial charge in [-0.25, -0.2) is 13.2 Å². The summed E-state index contributed by atoms with van der Waals surface area (Å²) in [5.74, 6) is -1.73. The molecule has 1 fully saturated rings. The first-order chi connectivity index (χ1) is 18.4. The minimum absolute atomic E-state index is 0.0221. The number of hydrogen-bond donors (Lipinski definition) is 2. The largest absolute Gasteiger partial charge is 0.467 e.